The van der Waals surface area contributed by atoms with E-state index < -0.39 is 11.8 Å². The summed E-state index contributed by atoms with van der Waals surface area (Å²) < 4.78 is 21.8. The highest BCUT2D eigenvalue weighted by Crippen LogP contribution is 2.41. The van der Waals surface area contributed by atoms with Gasteiger partial charge >= 0.3 is 5.97 Å². The normalized spacial score (nSPS) is 32.3. The van der Waals surface area contributed by atoms with Gasteiger partial charge in [0.2, 0.25) is 0 Å². The molecule has 1 N–H and O–H groups in total. The van der Waals surface area contributed by atoms with Gasteiger partial charge in [0.25, 0.3) is 0 Å². The van der Waals surface area contributed by atoms with Crippen LogP contribution in [0.5, 0.6) is 0 Å². The average molecular weight is 268 g/mol. The lowest BCUT2D eigenvalue weighted by Gasteiger charge is -2.20. The Labute approximate surface area is 110 Å². The van der Waals surface area contributed by atoms with Gasteiger partial charge in [0, 0.05) is 0 Å². The van der Waals surface area contributed by atoms with Crippen molar-refractivity contribution < 1.29 is 23.7 Å². The van der Waals surface area contributed by atoms with Gasteiger partial charge in [-0.2, -0.15) is 5.10 Å². The number of rotatable bonds is 2. The summed E-state index contributed by atoms with van der Waals surface area (Å²) in [5, 5.41) is 6.70. The van der Waals surface area contributed by atoms with E-state index in [4.69, 9.17) is 14.2 Å². The standard InChI is InChI=1S/C12H16N2O5/c1-12(2)18-8-5-17-9(10(8)19-12)6-4-7(14-13-6)11(15)16-3/h4,8-10H,5H2,1-3H3,(H,13,14). The van der Waals surface area contributed by atoms with Crippen molar-refractivity contribution in [3.8, 4) is 0 Å². The zero-order chi connectivity index (χ0) is 13.6. The van der Waals surface area contributed by atoms with E-state index in [2.05, 4.69) is 14.9 Å². The molecule has 3 atom stereocenters. The summed E-state index contributed by atoms with van der Waals surface area (Å²) in [4.78, 5) is 11.4. The van der Waals surface area contributed by atoms with Crippen LogP contribution in [0.15, 0.2) is 6.07 Å². The van der Waals surface area contributed by atoms with Gasteiger partial charge in [-0.15, -0.1) is 0 Å². The maximum atomic E-state index is 11.4. The van der Waals surface area contributed by atoms with Crippen molar-refractivity contribution in [2.45, 2.75) is 37.9 Å². The number of carbonyl (C=O) groups is 1. The zero-order valence-electron chi connectivity index (χ0n) is 11.0. The minimum Gasteiger partial charge on any atom is -0.464 e. The first kappa shape index (κ1) is 12.6. The fourth-order valence-electron chi connectivity index (χ4n) is 2.50. The van der Waals surface area contributed by atoms with Crippen LogP contribution in [-0.2, 0) is 18.9 Å². The lowest BCUT2D eigenvalue weighted by molar-refractivity contribution is -0.175. The smallest absolute Gasteiger partial charge is 0.358 e. The predicted molar refractivity (Wildman–Crippen MR) is 62.4 cm³/mol. The highest BCUT2D eigenvalue weighted by molar-refractivity contribution is 5.87. The molecule has 19 heavy (non-hydrogen) atoms. The van der Waals surface area contributed by atoms with Crippen molar-refractivity contribution in [3.05, 3.63) is 17.5 Å². The SMILES string of the molecule is COC(=O)c1cc(C2OCC3OC(C)(C)OC32)[nH]n1. The second kappa shape index (κ2) is 4.29. The molecule has 2 saturated heterocycles. The quantitative estimate of drug-likeness (QED) is 0.798. The number of carbonyl (C=O) groups excluding carboxylic acids is 1. The van der Waals surface area contributed by atoms with Gasteiger partial charge in [0.15, 0.2) is 11.5 Å². The van der Waals surface area contributed by atoms with Crippen LogP contribution in [0.2, 0.25) is 0 Å². The number of hydrogen-bond acceptors (Lipinski definition) is 6. The summed E-state index contributed by atoms with van der Waals surface area (Å²) in [5.74, 6) is -1.09. The summed E-state index contributed by atoms with van der Waals surface area (Å²) in [6, 6.07) is 1.62. The summed E-state index contributed by atoms with van der Waals surface area (Å²) in [7, 11) is 1.31. The Kier molecular flexibility index (Phi) is 2.84. The van der Waals surface area contributed by atoms with Crippen LogP contribution in [0.25, 0.3) is 0 Å². The van der Waals surface area contributed by atoms with Crippen LogP contribution in [-0.4, -0.2) is 47.9 Å². The van der Waals surface area contributed by atoms with Crippen molar-refractivity contribution in [1.29, 1.82) is 0 Å². The van der Waals surface area contributed by atoms with E-state index in [9.17, 15) is 4.79 Å². The highest BCUT2D eigenvalue weighted by atomic mass is 16.8. The molecule has 3 heterocycles. The van der Waals surface area contributed by atoms with Gasteiger partial charge in [0.1, 0.15) is 18.3 Å². The van der Waals surface area contributed by atoms with Crippen molar-refractivity contribution in [3.63, 3.8) is 0 Å². The van der Waals surface area contributed by atoms with Crippen molar-refractivity contribution in [2.75, 3.05) is 13.7 Å². The first-order chi connectivity index (χ1) is 9.00. The minimum atomic E-state index is -0.609. The first-order valence-corrected chi connectivity index (χ1v) is 6.11. The monoisotopic (exact) mass is 268 g/mol. The van der Waals surface area contributed by atoms with Gasteiger partial charge in [-0.1, -0.05) is 0 Å². The van der Waals surface area contributed by atoms with Crippen LogP contribution in [0.4, 0.5) is 0 Å². The molecular formula is C12H16N2O5. The molecular weight excluding hydrogens is 252 g/mol. The lowest BCUT2D eigenvalue weighted by atomic mass is 10.1. The van der Waals surface area contributed by atoms with Crippen molar-refractivity contribution in [2.24, 2.45) is 0 Å². The third-order valence-electron chi connectivity index (χ3n) is 3.26. The second-order valence-electron chi connectivity index (χ2n) is 5.09. The van der Waals surface area contributed by atoms with E-state index in [0.717, 1.165) is 0 Å². The molecule has 0 bridgehead atoms. The third kappa shape index (κ3) is 2.13. The molecule has 1 aromatic rings. The van der Waals surface area contributed by atoms with Crippen LogP contribution in [0.3, 0.4) is 0 Å². The van der Waals surface area contributed by atoms with Crippen molar-refractivity contribution in [1.82, 2.24) is 10.2 Å². The van der Waals surface area contributed by atoms with E-state index in [-0.39, 0.29) is 24.0 Å². The number of H-pyrrole nitrogens is 1. The maximum Gasteiger partial charge on any atom is 0.358 e. The molecule has 0 spiro atoms. The zero-order valence-corrected chi connectivity index (χ0v) is 11.0. The van der Waals surface area contributed by atoms with Crippen LogP contribution >= 0.6 is 0 Å². The van der Waals surface area contributed by atoms with Gasteiger partial charge < -0.3 is 18.9 Å². The molecule has 3 unspecified atom stereocenters. The Morgan fingerprint density at radius 2 is 2.32 bits per heavy atom. The number of ether oxygens (including phenoxy) is 4. The summed E-state index contributed by atoms with van der Waals surface area (Å²) in [6.07, 6.45) is -0.594. The third-order valence-corrected chi connectivity index (χ3v) is 3.26. The molecule has 0 amide bonds. The number of methoxy groups -OCH3 is 1. The summed E-state index contributed by atoms with van der Waals surface area (Å²) in [5.41, 5.74) is 0.914. The predicted octanol–water partition coefficient (Wildman–Crippen LogP) is 0.788. The highest BCUT2D eigenvalue weighted by Gasteiger charge is 2.51. The number of esters is 1. The van der Waals surface area contributed by atoms with E-state index in [1.54, 1.807) is 6.07 Å². The molecule has 2 aliphatic heterocycles. The van der Waals surface area contributed by atoms with Gasteiger partial charge in [-0.05, 0) is 19.9 Å². The molecule has 7 heteroatoms. The Balaban J connectivity index is 1.80. The summed E-state index contributed by atoms with van der Waals surface area (Å²) >= 11 is 0. The molecule has 0 saturated carbocycles. The van der Waals surface area contributed by atoms with Gasteiger partial charge in [-0.3, -0.25) is 5.10 Å². The van der Waals surface area contributed by atoms with Crippen LogP contribution in [0, 0.1) is 0 Å². The number of aromatic nitrogens is 2. The lowest BCUT2D eigenvalue weighted by Crippen LogP contribution is -2.25. The number of nitrogens with one attached hydrogen (secondary N) is 1. The topological polar surface area (TPSA) is 82.7 Å². The molecule has 104 valence electrons. The van der Waals surface area contributed by atoms with E-state index in [1.807, 2.05) is 13.8 Å². The second-order valence-corrected chi connectivity index (χ2v) is 5.09. The molecule has 2 fully saturated rings. The van der Waals surface area contributed by atoms with Crippen LogP contribution in [0.1, 0.15) is 36.1 Å². The minimum absolute atomic E-state index is 0.0927. The largest absolute Gasteiger partial charge is 0.464 e. The Hall–Kier alpha value is -1.44. The van der Waals surface area contributed by atoms with Crippen LogP contribution < -0.4 is 0 Å². The molecule has 2 aliphatic rings. The Morgan fingerprint density at radius 3 is 3.05 bits per heavy atom. The maximum absolute atomic E-state index is 11.4. The number of hydrogen-bond donors (Lipinski definition) is 1. The number of fused-ring (bicyclic) bond motifs is 1. The van der Waals surface area contributed by atoms with Gasteiger partial charge in [0.05, 0.1) is 19.4 Å². The Morgan fingerprint density at radius 1 is 1.53 bits per heavy atom. The number of aromatic amines is 1. The van der Waals surface area contributed by atoms with E-state index in [0.29, 0.717) is 12.3 Å². The molecule has 7 nitrogen and oxygen atoms in total. The van der Waals surface area contributed by atoms with Gasteiger partial charge in [-0.25, -0.2) is 4.79 Å². The molecule has 1 aromatic heterocycles. The fraction of sp³-hybridized carbons (Fsp3) is 0.667. The summed E-state index contributed by atoms with van der Waals surface area (Å²) in [6.45, 7) is 4.20. The van der Waals surface area contributed by atoms with E-state index in [1.165, 1.54) is 7.11 Å². The average Bonchev–Trinajstić information content (AvgIpc) is 3.01. The number of nitrogens with zero attached hydrogens (tertiary/aromatic N) is 1. The molecule has 0 aliphatic carbocycles. The van der Waals surface area contributed by atoms with Crippen molar-refractivity contribution >= 4 is 5.97 Å². The molecule has 0 aromatic carbocycles. The Bertz CT molecular complexity index is 498. The first-order valence-electron chi connectivity index (χ1n) is 6.11. The fourth-order valence-corrected chi connectivity index (χ4v) is 2.50. The van der Waals surface area contributed by atoms with E-state index >= 15 is 0 Å². The molecule has 3 rings (SSSR count). The molecule has 0 radical (unpaired) electrons.